The average molecular weight is 275 g/mol. The van der Waals surface area contributed by atoms with Crippen LogP contribution in [0.3, 0.4) is 0 Å². The first-order valence-corrected chi connectivity index (χ1v) is 7.19. The van der Waals surface area contributed by atoms with E-state index < -0.39 is 0 Å². The maximum absolute atomic E-state index is 13.0. The van der Waals surface area contributed by atoms with Crippen molar-refractivity contribution in [1.29, 1.82) is 0 Å². The fraction of sp³-hybridized carbons (Fsp3) is 0.250. The van der Waals surface area contributed by atoms with Crippen molar-refractivity contribution in [2.24, 2.45) is 5.73 Å². The van der Waals surface area contributed by atoms with Gasteiger partial charge in [-0.25, -0.2) is 4.39 Å². The van der Waals surface area contributed by atoms with Crippen LogP contribution in [0, 0.1) is 12.7 Å². The Balaban J connectivity index is 2.26. The summed E-state index contributed by atoms with van der Waals surface area (Å²) < 4.78 is 13.0. The van der Waals surface area contributed by atoms with Gasteiger partial charge in [0.25, 0.3) is 0 Å². The highest BCUT2D eigenvalue weighted by atomic mass is 32.2. The fourth-order valence-electron chi connectivity index (χ4n) is 1.96. The second-order valence-electron chi connectivity index (χ2n) is 4.71. The highest BCUT2D eigenvalue weighted by molar-refractivity contribution is 7.99. The standard InChI is InChI=1S/C16H18FNS/c1-11-5-3-4-6-15(11)19-16(12(2)18)13-7-9-14(17)10-8-13/h3-10,12,16H,18H2,1-2H3. The Morgan fingerprint density at radius 3 is 2.26 bits per heavy atom. The van der Waals surface area contributed by atoms with Crippen LogP contribution in [-0.2, 0) is 0 Å². The van der Waals surface area contributed by atoms with E-state index in [9.17, 15) is 4.39 Å². The van der Waals surface area contributed by atoms with Crippen LogP contribution in [0.2, 0.25) is 0 Å². The third-order valence-electron chi connectivity index (χ3n) is 3.02. The van der Waals surface area contributed by atoms with Gasteiger partial charge in [0.2, 0.25) is 0 Å². The molecule has 0 spiro atoms. The summed E-state index contributed by atoms with van der Waals surface area (Å²) in [6, 6.07) is 14.8. The van der Waals surface area contributed by atoms with E-state index in [0.29, 0.717) is 0 Å². The van der Waals surface area contributed by atoms with Gasteiger partial charge in [0.15, 0.2) is 0 Å². The van der Waals surface area contributed by atoms with Crippen molar-refractivity contribution >= 4 is 11.8 Å². The van der Waals surface area contributed by atoms with E-state index in [4.69, 9.17) is 5.73 Å². The second-order valence-corrected chi connectivity index (χ2v) is 5.90. The lowest BCUT2D eigenvalue weighted by atomic mass is 10.1. The summed E-state index contributed by atoms with van der Waals surface area (Å²) in [6.45, 7) is 4.07. The van der Waals surface area contributed by atoms with E-state index in [0.717, 1.165) is 5.56 Å². The van der Waals surface area contributed by atoms with Crippen molar-refractivity contribution in [3.63, 3.8) is 0 Å². The number of halogens is 1. The second kappa shape index (κ2) is 6.22. The van der Waals surface area contributed by atoms with Crippen molar-refractivity contribution < 1.29 is 4.39 Å². The first kappa shape index (κ1) is 14.1. The zero-order valence-corrected chi connectivity index (χ0v) is 12.0. The Hall–Kier alpha value is -1.32. The molecule has 2 aromatic carbocycles. The first-order valence-electron chi connectivity index (χ1n) is 6.31. The molecule has 3 heteroatoms. The molecule has 19 heavy (non-hydrogen) atoms. The molecule has 0 heterocycles. The molecule has 0 aliphatic rings. The Morgan fingerprint density at radius 1 is 1.05 bits per heavy atom. The molecule has 0 radical (unpaired) electrons. The normalized spacial score (nSPS) is 14.1. The minimum absolute atomic E-state index is 0.00457. The van der Waals surface area contributed by atoms with E-state index >= 15 is 0 Å². The summed E-state index contributed by atoms with van der Waals surface area (Å²) >= 11 is 1.73. The van der Waals surface area contributed by atoms with Crippen LogP contribution in [0.15, 0.2) is 53.4 Å². The van der Waals surface area contributed by atoms with Crippen LogP contribution in [-0.4, -0.2) is 6.04 Å². The van der Waals surface area contributed by atoms with Crippen LogP contribution >= 0.6 is 11.8 Å². The molecule has 0 amide bonds. The van der Waals surface area contributed by atoms with Gasteiger partial charge in [-0.15, -0.1) is 11.8 Å². The van der Waals surface area contributed by atoms with Crippen molar-refractivity contribution in [3.05, 3.63) is 65.5 Å². The summed E-state index contributed by atoms with van der Waals surface area (Å²) in [6.07, 6.45) is 0. The fourth-order valence-corrected chi connectivity index (χ4v) is 3.15. The minimum atomic E-state index is -0.215. The molecule has 0 aromatic heterocycles. The number of hydrogen-bond donors (Lipinski definition) is 1. The lowest BCUT2D eigenvalue weighted by molar-refractivity contribution is 0.625. The number of thioether (sulfide) groups is 1. The third-order valence-corrected chi connectivity index (χ3v) is 4.69. The zero-order chi connectivity index (χ0) is 13.8. The molecule has 2 N–H and O–H groups in total. The van der Waals surface area contributed by atoms with Crippen molar-refractivity contribution in [1.82, 2.24) is 0 Å². The SMILES string of the molecule is Cc1ccccc1SC(c1ccc(F)cc1)C(C)N. The Kier molecular flexibility index (Phi) is 4.61. The van der Waals surface area contributed by atoms with Gasteiger partial charge in [0, 0.05) is 16.2 Å². The molecular weight excluding hydrogens is 257 g/mol. The van der Waals surface area contributed by atoms with Crippen LogP contribution in [0.1, 0.15) is 23.3 Å². The van der Waals surface area contributed by atoms with Crippen molar-refractivity contribution in [2.45, 2.75) is 30.0 Å². The summed E-state index contributed by atoms with van der Waals surface area (Å²) in [7, 11) is 0. The quantitative estimate of drug-likeness (QED) is 0.841. The molecule has 0 saturated carbocycles. The molecule has 0 aliphatic heterocycles. The lowest BCUT2D eigenvalue weighted by Gasteiger charge is -2.21. The zero-order valence-electron chi connectivity index (χ0n) is 11.1. The van der Waals surface area contributed by atoms with E-state index in [2.05, 4.69) is 19.1 Å². The summed E-state index contributed by atoms with van der Waals surface area (Å²) in [5, 5.41) is 0.127. The smallest absolute Gasteiger partial charge is 0.123 e. The molecular formula is C16H18FNS. The largest absolute Gasteiger partial charge is 0.327 e. The van der Waals surface area contributed by atoms with Gasteiger partial charge in [0.1, 0.15) is 5.82 Å². The molecule has 2 unspecified atom stereocenters. The highest BCUT2D eigenvalue weighted by Crippen LogP contribution is 2.38. The summed E-state index contributed by atoms with van der Waals surface area (Å²) in [5.74, 6) is -0.215. The molecule has 2 rings (SSSR count). The molecule has 2 atom stereocenters. The first-order chi connectivity index (χ1) is 9.08. The Labute approximate surface area is 118 Å². The summed E-state index contributed by atoms with van der Waals surface area (Å²) in [5.41, 5.74) is 8.39. The van der Waals surface area contributed by atoms with E-state index in [1.165, 1.54) is 22.6 Å². The van der Waals surface area contributed by atoms with Gasteiger partial charge in [-0.05, 0) is 43.2 Å². The number of aryl methyl sites for hydroxylation is 1. The molecule has 0 aliphatic carbocycles. The van der Waals surface area contributed by atoms with Gasteiger partial charge >= 0.3 is 0 Å². The van der Waals surface area contributed by atoms with Gasteiger partial charge in [0.05, 0.1) is 0 Å². The van der Waals surface area contributed by atoms with E-state index in [1.54, 1.807) is 11.8 Å². The minimum Gasteiger partial charge on any atom is -0.327 e. The number of nitrogens with two attached hydrogens (primary N) is 1. The topological polar surface area (TPSA) is 26.0 Å². The Morgan fingerprint density at radius 2 is 1.68 bits per heavy atom. The van der Waals surface area contributed by atoms with Crippen LogP contribution in [0.5, 0.6) is 0 Å². The maximum atomic E-state index is 13.0. The van der Waals surface area contributed by atoms with Crippen molar-refractivity contribution in [2.75, 3.05) is 0 Å². The molecule has 1 nitrogen and oxygen atoms in total. The van der Waals surface area contributed by atoms with Crippen LogP contribution in [0.25, 0.3) is 0 Å². The summed E-state index contributed by atoms with van der Waals surface area (Å²) in [4.78, 5) is 1.22. The van der Waals surface area contributed by atoms with Crippen LogP contribution < -0.4 is 5.73 Å². The Bertz CT molecular complexity index is 537. The molecule has 100 valence electrons. The van der Waals surface area contributed by atoms with Crippen LogP contribution in [0.4, 0.5) is 4.39 Å². The molecule has 0 bridgehead atoms. The van der Waals surface area contributed by atoms with E-state index in [-0.39, 0.29) is 17.1 Å². The van der Waals surface area contributed by atoms with Crippen molar-refractivity contribution in [3.8, 4) is 0 Å². The average Bonchev–Trinajstić information content (AvgIpc) is 2.39. The van der Waals surface area contributed by atoms with Gasteiger partial charge < -0.3 is 5.73 Å². The third kappa shape index (κ3) is 3.58. The van der Waals surface area contributed by atoms with E-state index in [1.807, 2.05) is 31.2 Å². The number of rotatable bonds is 4. The molecule has 0 fully saturated rings. The van der Waals surface area contributed by atoms with Gasteiger partial charge in [-0.1, -0.05) is 30.3 Å². The predicted molar refractivity (Wildman–Crippen MR) is 79.8 cm³/mol. The van der Waals surface area contributed by atoms with Gasteiger partial charge in [-0.2, -0.15) is 0 Å². The predicted octanol–water partition coefficient (Wildman–Crippen LogP) is 4.31. The highest BCUT2D eigenvalue weighted by Gasteiger charge is 2.18. The number of benzene rings is 2. The van der Waals surface area contributed by atoms with Gasteiger partial charge in [-0.3, -0.25) is 0 Å². The molecule has 2 aromatic rings. The number of hydrogen-bond acceptors (Lipinski definition) is 2. The lowest BCUT2D eigenvalue weighted by Crippen LogP contribution is -2.22. The monoisotopic (exact) mass is 275 g/mol. The molecule has 0 saturated heterocycles. The maximum Gasteiger partial charge on any atom is 0.123 e.